The number of nitrogens with zero attached hydrogens (tertiary/aromatic N) is 2. The number of carbonyl (C=O) groups is 1. The third-order valence-electron chi connectivity index (χ3n) is 3.78. The summed E-state index contributed by atoms with van der Waals surface area (Å²) in [7, 11) is 0. The number of hydrogen-bond donors (Lipinski definition) is 0. The Morgan fingerprint density at radius 2 is 2.00 bits per heavy atom. The Morgan fingerprint density at radius 1 is 1.33 bits per heavy atom. The lowest BCUT2D eigenvalue weighted by atomic mass is 10.2. The molecule has 2 aromatic rings. The highest BCUT2D eigenvalue weighted by molar-refractivity contribution is 8.00. The summed E-state index contributed by atoms with van der Waals surface area (Å²) < 4.78 is 6.87. The first-order chi connectivity index (χ1) is 11.3. The summed E-state index contributed by atoms with van der Waals surface area (Å²) in [4.78, 5) is 31.5. The summed E-state index contributed by atoms with van der Waals surface area (Å²) in [5, 5.41) is 0.856. The van der Waals surface area contributed by atoms with Crippen molar-refractivity contribution < 1.29 is 9.53 Å². The molecule has 0 aromatic carbocycles. The Balaban J connectivity index is 2.47. The van der Waals surface area contributed by atoms with Crippen LogP contribution < -0.4 is 5.56 Å². The van der Waals surface area contributed by atoms with Crippen molar-refractivity contribution in [3.05, 3.63) is 20.8 Å². The third kappa shape index (κ3) is 3.67. The number of fused-ring (bicyclic) bond motifs is 1. The lowest BCUT2D eigenvalue weighted by molar-refractivity contribution is -0.142. The zero-order chi connectivity index (χ0) is 18.0. The van der Waals surface area contributed by atoms with Gasteiger partial charge in [-0.1, -0.05) is 18.7 Å². The van der Waals surface area contributed by atoms with Crippen molar-refractivity contribution in [3.63, 3.8) is 0 Å². The lowest BCUT2D eigenvalue weighted by Gasteiger charge is -2.17. The van der Waals surface area contributed by atoms with Crippen LogP contribution in [-0.4, -0.2) is 27.4 Å². The van der Waals surface area contributed by atoms with E-state index in [9.17, 15) is 9.59 Å². The number of thiophene rings is 1. The second kappa shape index (κ2) is 7.70. The minimum atomic E-state index is -0.409. The normalized spacial score (nSPS) is 12.8. The van der Waals surface area contributed by atoms with Crippen molar-refractivity contribution in [3.8, 4) is 0 Å². The molecule has 0 bridgehead atoms. The quantitative estimate of drug-likeness (QED) is 0.437. The van der Waals surface area contributed by atoms with Gasteiger partial charge in [-0.2, -0.15) is 0 Å². The van der Waals surface area contributed by atoms with Crippen LogP contribution in [0.4, 0.5) is 0 Å². The van der Waals surface area contributed by atoms with Gasteiger partial charge in [0.25, 0.3) is 5.56 Å². The maximum absolute atomic E-state index is 12.9. The predicted octanol–water partition coefficient (Wildman–Crippen LogP) is 4.09. The number of thioether (sulfide) groups is 1. The van der Waals surface area contributed by atoms with Crippen LogP contribution in [0.15, 0.2) is 9.95 Å². The Kier molecular flexibility index (Phi) is 6.09. The molecule has 2 aromatic heterocycles. The molecule has 1 unspecified atom stereocenters. The summed E-state index contributed by atoms with van der Waals surface area (Å²) >= 11 is 2.81. The SMILES string of the molecule is CCCOC(=O)C(C)Sc1nc2sc(C)c(C)c2c(=O)n1C(C)C. The summed E-state index contributed by atoms with van der Waals surface area (Å²) in [5.41, 5.74) is 0.960. The van der Waals surface area contributed by atoms with Crippen LogP contribution in [0.2, 0.25) is 0 Å². The van der Waals surface area contributed by atoms with Gasteiger partial charge in [0.1, 0.15) is 10.1 Å². The molecule has 5 nitrogen and oxygen atoms in total. The highest BCUT2D eigenvalue weighted by Gasteiger charge is 2.23. The van der Waals surface area contributed by atoms with Crippen LogP contribution in [0.5, 0.6) is 0 Å². The number of aromatic nitrogens is 2. The number of ether oxygens (including phenoxy) is 1. The maximum atomic E-state index is 12.9. The monoisotopic (exact) mass is 368 g/mol. The molecule has 7 heteroatoms. The van der Waals surface area contributed by atoms with E-state index < -0.39 is 5.25 Å². The maximum Gasteiger partial charge on any atom is 0.319 e. The van der Waals surface area contributed by atoms with E-state index in [2.05, 4.69) is 4.98 Å². The molecule has 132 valence electrons. The van der Waals surface area contributed by atoms with E-state index in [4.69, 9.17) is 4.74 Å². The molecule has 0 amide bonds. The van der Waals surface area contributed by atoms with Gasteiger partial charge in [0.05, 0.1) is 12.0 Å². The Hall–Kier alpha value is -1.34. The van der Waals surface area contributed by atoms with Crippen molar-refractivity contribution >= 4 is 39.3 Å². The minimum absolute atomic E-state index is 0.0321. The number of esters is 1. The molecule has 2 rings (SSSR count). The first kappa shape index (κ1) is 19.0. The average molecular weight is 369 g/mol. The van der Waals surface area contributed by atoms with Gasteiger partial charge in [-0.15, -0.1) is 11.3 Å². The van der Waals surface area contributed by atoms with E-state index in [0.29, 0.717) is 17.1 Å². The van der Waals surface area contributed by atoms with Gasteiger partial charge in [-0.3, -0.25) is 14.2 Å². The van der Waals surface area contributed by atoms with Crippen LogP contribution in [0, 0.1) is 13.8 Å². The number of hydrogen-bond acceptors (Lipinski definition) is 6. The number of aryl methyl sites for hydroxylation is 2. The molecule has 0 saturated carbocycles. The van der Waals surface area contributed by atoms with Gasteiger partial charge in [0.15, 0.2) is 5.16 Å². The largest absolute Gasteiger partial charge is 0.465 e. The minimum Gasteiger partial charge on any atom is -0.465 e. The zero-order valence-corrected chi connectivity index (χ0v) is 16.6. The molecule has 0 fully saturated rings. The van der Waals surface area contributed by atoms with Gasteiger partial charge in [-0.05, 0) is 46.6 Å². The Bertz CT molecular complexity index is 808. The molecule has 0 N–H and O–H groups in total. The van der Waals surface area contributed by atoms with Gasteiger partial charge in [0, 0.05) is 10.9 Å². The number of carbonyl (C=O) groups excluding carboxylic acids is 1. The van der Waals surface area contributed by atoms with Gasteiger partial charge >= 0.3 is 5.97 Å². The third-order valence-corrected chi connectivity index (χ3v) is 5.93. The standard InChI is InChI=1S/C17H24N2O3S2/c1-7-8-22-16(21)12(6)24-17-18-14-13(10(4)11(5)23-14)15(20)19(17)9(2)3/h9,12H,7-8H2,1-6H3. The molecule has 2 heterocycles. The van der Waals surface area contributed by atoms with Crippen LogP contribution in [-0.2, 0) is 9.53 Å². The highest BCUT2D eigenvalue weighted by Crippen LogP contribution is 2.31. The first-order valence-corrected chi connectivity index (χ1v) is 9.83. The summed E-state index contributed by atoms with van der Waals surface area (Å²) in [5.74, 6) is -0.273. The molecule has 24 heavy (non-hydrogen) atoms. The summed E-state index contributed by atoms with van der Waals surface area (Å²) in [6, 6.07) is -0.0321. The topological polar surface area (TPSA) is 61.2 Å². The summed E-state index contributed by atoms with van der Waals surface area (Å²) in [6.45, 7) is 12.0. The first-order valence-electron chi connectivity index (χ1n) is 8.13. The molecule has 0 saturated heterocycles. The molecule has 1 atom stereocenters. The molecule has 0 aliphatic carbocycles. The molecule has 0 aliphatic heterocycles. The van der Waals surface area contributed by atoms with Gasteiger partial charge in [-0.25, -0.2) is 4.98 Å². The van der Waals surface area contributed by atoms with E-state index >= 15 is 0 Å². The highest BCUT2D eigenvalue weighted by atomic mass is 32.2. The van der Waals surface area contributed by atoms with Crippen LogP contribution >= 0.6 is 23.1 Å². The van der Waals surface area contributed by atoms with E-state index in [1.54, 1.807) is 11.5 Å². The van der Waals surface area contributed by atoms with Crippen molar-refractivity contribution in [1.82, 2.24) is 9.55 Å². The van der Waals surface area contributed by atoms with Crippen molar-refractivity contribution in [2.24, 2.45) is 0 Å². The number of rotatable bonds is 6. The lowest BCUT2D eigenvalue weighted by Crippen LogP contribution is -2.26. The second-order valence-corrected chi connectivity index (χ2v) is 8.57. The van der Waals surface area contributed by atoms with Crippen molar-refractivity contribution in [1.29, 1.82) is 0 Å². The molecule has 0 radical (unpaired) electrons. The second-order valence-electron chi connectivity index (χ2n) is 6.05. The Labute approximate surface area is 150 Å². The predicted molar refractivity (Wildman–Crippen MR) is 100 cm³/mol. The smallest absolute Gasteiger partial charge is 0.319 e. The van der Waals surface area contributed by atoms with E-state index in [1.165, 1.54) is 23.1 Å². The fraction of sp³-hybridized carbons (Fsp3) is 0.588. The van der Waals surface area contributed by atoms with E-state index in [-0.39, 0.29) is 17.6 Å². The zero-order valence-electron chi connectivity index (χ0n) is 15.0. The fourth-order valence-corrected chi connectivity index (χ4v) is 4.46. The van der Waals surface area contributed by atoms with Crippen LogP contribution in [0.1, 0.15) is 50.6 Å². The fourth-order valence-electron chi connectivity index (χ4n) is 2.35. The summed E-state index contributed by atoms with van der Waals surface area (Å²) in [6.07, 6.45) is 0.789. The van der Waals surface area contributed by atoms with E-state index in [1.807, 2.05) is 34.6 Å². The molecule has 0 aliphatic rings. The van der Waals surface area contributed by atoms with E-state index in [0.717, 1.165) is 21.7 Å². The average Bonchev–Trinajstić information content (AvgIpc) is 2.79. The van der Waals surface area contributed by atoms with Gasteiger partial charge in [0.2, 0.25) is 0 Å². The Morgan fingerprint density at radius 3 is 2.58 bits per heavy atom. The molecular weight excluding hydrogens is 344 g/mol. The molecular formula is C17H24N2O3S2. The molecule has 0 spiro atoms. The van der Waals surface area contributed by atoms with Crippen LogP contribution in [0.3, 0.4) is 0 Å². The van der Waals surface area contributed by atoms with Crippen molar-refractivity contribution in [2.75, 3.05) is 6.61 Å². The van der Waals surface area contributed by atoms with Crippen molar-refractivity contribution in [2.45, 2.75) is 64.4 Å². The van der Waals surface area contributed by atoms with Crippen LogP contribution in [0.25, 0.3) is 10.2 Å². The van der Waals surface area contributed by atoms with Gasteiger partial charge < -0.3 is 4.74 Å².